The Balaban J connectivity index is 1.42. The van der Waals surface area contributed by atoms with Crippen molar-refractivity contribution < 1.29 is 32.3 Å². The van der Waals surface area contributed by atoms with Crippen LogP contribution in [-0.4, -0.2) is 34.6 Å². The molecule has 0 saturated carbocycles. The summed E-state index contributed by atoms with van der Waals surface area (Å²) in [6, 6.07) is 20.1. The van der Waals surface area contributed by atoms with Gasteiger partial charge in [-0.3, -0.25) is 23.7 Å². The molecule has 3 aromatic carbocycles. The molecule has 0 unspecified atom stereocenters. The van der Waals surface area contributed by atoms with Crippen LogP contribution in [0.3, 0.4) is 0 Å². The first-order valence-corrected chi connectivity index (χ1v) is 14.7. The van der Waals surface area contributed by atoms with Crippen LogP contribution in [0, 0.1) is 5.92 Å². The highest BCUT2D eigenvalue weighted by Gasteiger charge is 2.57. The van der Waals surface area contributed by atoms with Crippen molar-refractivity contribution >= 4 is 52.2 Å². The van der Waals surface area contributed by atoms with Crippen LogP contribution in [0.5, 0.6) is 5.75 Å². The second kappa shape index (κ2) is 11.0. The third kappa shape index (κ3) is 5.01. The number of hydrogen-bond donors (Lipinski definition) is 1. The first-order valence-electron chi connectivity index (χ1n) is 13.0. The maximum absolute atomic E-state index is 13.9. The van der Waals surface area contributed by atoms with E-state index in [4.69, 9.17) is 4.74 Å². The van der Waals surface area contributed by atoms with E-state index in [0.29, 0.717) is 26.9 Å². The number of rotatable bonds is 6. The van der Waals surface area contributed by atoms with Crippen LogP contribution in [0.4, 0.5) is 24.5 Å². The van der Waals surface area contributed by atoms with Crippen LogP contribution < -0.4 is 19.8 Å². The topological polar surface area (TPSA) is 97.7 Å². The quantitative estimate of drug-likeness (QED) is 0.290. The molecular formula is C30H22F3N3O5S2. The summed E-state index contributed by atoms with van der Waals surface area (Å²) in [5.41, 5.74) is -0.455. The van der Waals surface area contributed by atoms with Gasteiger partial charge in [-0.25, -0.2) is 4.90 Å². The van der Waals surface area contributed by atoms with E-state index < -0.39 is 63.7 Å². The predicted molar refractivity (Wildman–Crippen MR) is 156 cm³/mol. The second-order valence-corrected chi connectivity index (χ2v) is 12.0. The van der Waals surface area contributed by atoms with Gasteiger partial charge in [-0.1, -0.05) is 71.6 Å². The monoisotopic (exact) mass is 625 g/mol. The summed E-state index contributed by atoms with van der Waals surface area (Å²) in [4.78, 5) is 55.2. The average Bonchev–Trinajstić information content (AvgIpc) is 3.43. The minimum Gasteiger partial charge on any atom is -0.496 e. The molecule has 2 aliphatic heterocycles. The van der Waals surface area contributed by atoms with E-state index in [-0.39, 0.29) is 0 Å². The molecule has 1 N–H and O–H groups in total. The Labute approximate surface area is 251 Å². The molecule has 3 atom stereocenters. The van der Waals surface area contributed by atoms with Gasteiger partial charge in [0.2, 0.25) is 17.7 Å². The van der Waals surface area contributed by atoms with Crippen molar-refractivity contribution in [3.8, 4) is 5.75 Å². The molecule has 3 amide bonds. The molecular weight excluding hydrogens is 603 g/mol. The predicted octanol–water partition coefficient (Wildman–Crippen LogP) is 5.37. The number of methoxy groups -OCH3 is 1. The minimum atomic E-state index is -4.70. The molecule has 3 heterocycles. The number of anilines is 2. The maximum atomic E-state index is 13.9. The SMILES string of the molecule is COc1ccccc1[C@@H]1c2sc(=O)n(CC(=O)Nc3ccccc3C(F)(F)F)c2S[C@H]2C(=O)N(c3ccccc3)C(=O)[C@@H]12. The Kier molecular flexibility index (Phi) is 7.38. The van der Waals surface area contributed by atoms with E-state index >= 15 is 0 Å². The van der Waals surface area contributed by atoms with E-state index in [1.54, 1.807) is 54.6 Å². The molecule has 0 spiro atoms. The van der Waals surface area contributed by atoms with Crippen molar-refractivity contribution in [1.29, 1.82) is 0 Å². The van der Waals surface area contributed by atoms with Crippen molar-refractivity contribution in [3.63, 3.8) is 0 Å². The standard InChI is InChI=1S/C30H22F3N3O5S2/c1-41-20-14-8-5-11-17(20)22-23-24(27(39)36(26(23)38)16-9-3-2-4-10-16)42-28-25(22)43-29(40)35(28)15-21(37)34-19-13-7-6-12-18(19)30(31,32)33/h2-14,22-24H,15H2,1H3,(H,34,37)/t22-,23-,24+/m0/s1. The van der Waals surface area contributed by atoms with Crippen molar-refractivity contribution in [1.82, 2.24) is 4.57 Å². The highest BCUT2D eigenvalue weighted by molar-refractivity contribution is 8.00. The summed E-state index contributed by atoms with van der Waals surface area (Å²) in [6.45, 7) is -0.593. The first-order chi connectivity index (χ1) is 20.6. The van der Waals surface area contributed by atoms with E-state index in [0.717, 1.165) is 44.7 Å². The van der Waals surface area contributed by atoms with Crippen LogP contribution in [0.15, 0.2) is 88.7 Å². The van der Waals surface area contributed by atoms with E-state index in [1.807, 2.05) is 0 Å². The summed E-state index contributed by atoms with van der Waals surface area (Å²) < 4.78 is 47.2. The number of halogens is 3. The zero-order valence-corrected chi connectivity index (χ0v) is 24.0. The fraction of sp³-hybridized carbons (Fsp3) is 0.200. The number of carbonyl (C=O) groups excluding carboxylic acids is 3. The maximum Gasteiger partial charge on any atom is 0.418 e. The van der Waals surface area contributed by atoms with Gasteiger partial charge in [0, 0.05) is 16.4 Å². The molecule has 0 bridgehead atoms. The van der Waals surface area contributed by atoms with Crippen LogP contribution in [-0.2, 0) is 27.1 Å². The Morgan fingerprint density at radius 3 is 2.33 bits per heavy atom. The lowest BCUT2D eigenvalue weighted by molar-refractivity contribution is -0.137. The number of carbonyl (C=O) groups is 3. The highest BCUT2D eigenvalue weighted by atomic mass is 32.2. The van der Waals surface area contributed by atoms with Gasteiger partial charge in [0.25, 0.3) is 0 Å². The minimum absolute atomic E-state index is 0.308. The van der Waals surface area contributed by atoms with Gasteiger partial charge in [0.05, 0.1) is 35.0 Å². The number of hydrogen-bond acceptors (Lipinski definition) is 7. The largest absolute Gasteiger partial charge is 0.496 e. The zero-order chi connectivity index (χ0) is 30.5. The third-order valence-electron chi connectivity index (χ3n) is 7.35. The van der Waals surface area contributed by atoms with E-state index in [9.17, 15) is 32.3 Å². The first kappa shape index (κ1) is 28.7. The number of thioether (sulfide) groups is 1. The molecule has 2 aliphatic rings. The van der Waals surface area contributed by atoms with Gasteiger partial charge in [-0.05, 0) is 30.3 Å². The number of thiazole rings is 1. The summed E-state index contributed by atoms with van der Waals surface area (Å²) in [7, 11) is 1.48. The van der Waals surface area contributed by atoms with Gasteiger partial charge in [-0.15, -0.1) is 0 Å². The molecule has 13 heteroatoms. The number of benzene rings is 3. The summed E-state index contributed by atoms with van der Waals surface area (Å²) in [5, 5.41) is 1.65. The Hall–Kier alpha value is -4.36. The fourth-order valence-electron chi connectivity index (χ4n) is 5.52. The summed E-state index contributed by atoms with van der Waals surface area (Å²) in [5.74, 6) is -2.92. The molecule has 0 radical (unpaired) electrons. The van der Waals surface area contributed by atoms with Crippen LogP contribution in [0.2, 0.25) is 0 Å². The normalized spacial score (nSPS) is 19.6. The number of ether oxygens (including phenoxy) is 1. The lowest BCUT2D eigenvalue weighted by atomic mass is 9.82. The van der Waals surface area contributed by atoms with E-state index in [1.165, 1.54) is 19.2 Å². The molecule has 1 aromatic heterocycles. The molecule has 220 valence electrons. The number of aromatic nitrogens is 1. The van der Waals surface area contributed by atoms with Gasteiger partial charge < -0.3 is 10.1 Å². The number of para-hydroxylation sites is 3. The second-order valence-electron chi connectivity index (χ2n) is 9.85. The molecule has 43 heavy (non-hydrogen) atoms. The number of alkyl halides is 3. The molecule has 1 fully saturated rings. The summed E-state index contributed by atoms with van der Waals surface area (Å²) in [6.07, 6.45) is -4.70. The highest BCUT2D eigenvalue weighted by Crippen LogP contribution is 2.55. The molecule has 6 rings (SSSR count). The lowest BCUT2D eigenvalue weighted by Gasteiger charge is -2.31. The Morgan fingerprint density at radius 2 is 1.60 bits per heavy atom. The Bertz CT molecular complexity index is 1800. The molecule has 0 aliphatic carbocycles. The number of imide groups is 1. The van der Waals surface area contributed by atoms with Gasteiger partial charge >= 0.3 is 11.0 Å². The van der Waals surface area contributed by atoms with Gasteiger partial charge in [0.15, 0.2) is 0 Å². The van der Waals surface area contributed by atoms with Crippen molar-refractivity contribution in [2.75, 3.05) is 17.3 Å². The fourth-order valence-corrected chi connectivity index (χ4v) is 8.28. The van der Waals surface area contributed by atoms with E-state index in [2.05, 4.69) is 5.32 Å². The average molecular weight is 626 g/mol. The van der Waals surface area contributed by atoms with Gasteiger partial charge in [0.1, 0.15) is 17.5 Å². The van der Waals surface area contributed by atoms with Crippen LogP contribution >= 0.6 is 23.1 Å². The van der Waals surface area contributed by atoms with Crippen LogP contribution in [0.25, 0.3) is 0 Å². The smallest absolute Gasteiger partial charge is 0.418 e. The van der Waals surface area contributed by atoms with Crippen LogP contribution in [0.1, 0.15) is 21.9 Å². The number of fused-ring (bicyclic) bond motifs is 2. The van der Waals surface area contributed by atoms with Crippen molar-refractivity contribution in [2.24, 2.45) is 5.92 Å². The van der Waals surface area contributed by atoms with Crippen molar-refractivity contribution in [2.45, 2.75) is 28.9 Å². The summed E-state index contributed by atoms with van der Waals surface area (Å²) >= 11 is 1.85. The third-order valence-corrected chi connectivity index (χ3v) is 9.95. The van der Waals surface area contributed by atoms with Gasteiger partial charge in [-0.2, -0.15) is 13.2 Å². The van der Waals surface area contributed by atoms with Crippen molar-refractivity contribution in [3.05, 3.63) is 105 Å². The molecule has 1 saturated heterocycles. The number of nitrogens with one attached hydrogen (secondary N) is 1. The zero-order valence-electron chi connectivity index (χ0n) is 22.3. The number of amides is 3. The molecule has 4 aromatic rings. The molecule has 8 nitrogen and oxygen atoms in total. The Morgan fingerprint density at radius 1 is 0.930 bits per heavy atom. The number of nitrogens with zero attached hydrogens (tertiary/aromatic N) is 2. The lowest BCUT2D eigenvalue weighted by Crippen LogP contribution is -2.33.